The molecule has 3 aromatic rings. The summed E-state index contributed by atoms with van der Waals surface area (Å²) in [5, 5.41) is 14.3. The Morgan fingerprint density at radius 3 is 2.21 bits per heavy atom. The highest BCUT2D eigenvalue weighted by molar-refractivity contribution is 7.80. The van der Waals surface area contributed by atoms with Crippen molar-refractivity contribution in [3.63, 3.8) is 0 Å². The van der Waals surface area contributed by atoms with Crippen LogP contribution in [-0.2, 0) is 22.4 Å². The Hall–Kier alpha value is -2.57. The summed E-state index contributed by atoms with van der Waals surface area (Å²) in [6.45, 7) is 0. The predicted octanol–water partition coefficient (Wildman–Crippen LogP) is 4.32. The summed E-state index contributed by atoms with van der Waals surface area (Å²) < 4.78 is 0. The lowest BCUT2D eigenvalue weighted by Crippen LogP contribution is -2.45. The molecule has 2 N–H and O–H groups in total. The van der Waals surface area contributed by atoms with Crippen molar-refractivity contribution >= 4 is 35.8 Å². The number of thiophene rings is 1. The lowest BCUT2D eigenvalue weighted by atomic mass is 9.98. The second-order valence-electron chi connectivity index (χ2n) is 6.85. The van der Waals surface area contributed by atoms with Crippen LogP contribution in [0.5, 0.6) is 0 Å². The van der Waals surface area contributed by atoms with E-state index in [9.17, 15) is 14.7 Å². The molecule has 0 saturated carbocycles. The van der Waals surface area contributed by atoms with Crippen LogP contribution in [0.2, 0.25) is 0 Å². The summed E-state index contributed by atoms with van der Waals surface area (Å²) >= 11 is 5.95. The van der Waals surface area contributed by atoms with Gasteiger partial charge < -0.3 is 10.4 Å². The highest BCUT2D eigenvalue weighted by atomic mass is 32.1. The van der Waals surface area contributed by atoms with Gasteiger partial charge in [-0.15, -0.1) is 11.3 Å². The molecular formula is C23H23NO3S2. The normalized spacial score (nSPS) is 12.9. The molecule has 4 nitrogen and oxygen atoms in total. The molecule has 0 aliphatic carbocycles. The van der Waals surface area contributed by atoms with E-state index < -0.39 is 12.0 Å². The Morgan fingerprint density at radius 1 is 0.931 bits per heavy atom. The number of amides is 1. The summed E-state index contributed by atoms with van der Waals surface area (Å²) in [5.41, 5.74) is 2.99. The third-order valence-corrected chi connectivity index (χ3v) is 6.09. The number of rotatable bonds is 9. The molecule has 0 spiro atoms. The predicted molar refractivity (Wildman–Crippen MR) is 121 cm³/mol. The van der Waals surface area contributed by atoms with Crippen LogP contribution in [0.25, 0.3) is 10.4 Å². The maximum atomic E-state index is 12.7. The van der Waals surface area contributed by atoms with Crippen molar-refractivity contribution < 1.29 is 14.7 Å². The Bertz CT molecular complexity index is 925. The van der Waals surface area contributed by atoms with Gasteiger partial charge in [-0.1, -0.05) is 60.7 Å². The number of carbonyl (C=O) groups excluding carboxylic acids is 1. The van der Waals surface area contributed by atoms with Crippen molar-refractivity contribution in [2.75, 3.05) is 5.75 Å². The van der Waals surface area contributed by atoms with Gasteiger partial charge in [0.05, 0.1) is 5.92 Å². The van der Waals surface area contributed by atoms with Gasteiger partial charge in [-0.25, -0.2) is 4.79 Å². The van der Waals surface area contributed by atoms with Crippen LogP contribution < -0.4 is 5.32 Å². The van der Waals surface area contributed by atoms with E-state index in [-0.39, 0.29) is 18.2 Å². The Balaban J connectivity index is 1.64. The minimum Gasteiger partial charge on any atom is -0.480 e. The number of nitrogens with one attached hydrogen (secondary N) is 1. The lowest BCUT2D eigenvalue weighted by molar-refractivity contribution is -0.142. The first-order chi connectivity index (χ1) is 14.1. The Kier molecular flexibility index (Phi) is 7.49. The molecule has 0 bridgehead atoms. The molecule has 2 atom stereocenters. The van der Waals surface area contributed by atoms with Gasteiger partial charge in [0.2, 0.25) is 5.91 Å². The van der Waals surface area contributed by atoms with Crippen LogP contribution in [0.15, 0.2) is 72.1 Å². The van der Waals surface area contributed by atoms with E-state index in [4.69, 9.17) is 0 Å². The molecule has 1 unspecified atom stereocenters. The van der Waals surface area contributed by atoms with Gasteiger partial charge in [0.15, 0.2) is 0 Å². The standard InChI is InChI=1S/C23H23NO3S2/c25-22(19(15-28)13-16-5-2-1-3-6-16)24-20(23(26)27)14-17-8-10-18(11-9-17)21-7-4-12-29-21/h1-12,19-20,28H,13-15H2,(H,24,25)(H,26,27)/t19?,20-/m0/s1. The first-order valence-corrected chi connectivity index (χ1v) is 10.9. The SMILES string of the molecule is O=C(N[C@@H](Cc1ccc(-c2cccs2)cc1)C(=O)O)C(CS)Cc1ccccc1. The van der Waals surface area contributed by atoms with Gasteiger partial charge >= 0.3 is 5.97 Å². The number of aliphatic carboxylic acids is 1. The summed E-state index contributed by atoms with van der Waals surface area (Å²) in [6.07, 6.45) is 0.758. The maximum Gasteiger partial charge on any atom is 0.326 e. The number of carbonyl (C=O) groups is 2. The van der Waals surface area contributed by atoms with Crippen molar-refractivity contribution in [1.82, 2.24) is 5.32 Å². The largest absolute Gasteiger partial charge is 0.480 e. The van der Waals surface area contributed by atoms with Crippen molar-refractivity contribution in [2.24, 2.45) is 5.92 Å². The van der Waals surface area contributed by atoms with Crippen LogP contribution >= 0.6 is 24.0 Å². The second-order valence-corrected chi connectivity index (χ2v) is 8.16. The number of hydrogen-bond acceptors (Lipinski definition) is 4. The molecule has 0 saturated heterocycles. The molecule has 29 heavy (non-hydrogen) atoms. The number of carboxylic acids is 1. The van der Waals surface area contributed by atoms with Crippen LogP contribution in [0.3, 0.4) is 0 Å². The second kappa shape index (κ2) is 10.3. The molecule has 0 fully saturated rings. The third kappa shape index (κ3) is 5.95. The van der Waals surface area contributed by atoms with Gasteiger partial charge in [-0.3, -0.25) is 4.79 Å². The van der Waals surface area contributed by atoms with E-state index in [2.05, 4.69) is 17.9 Å². The Labute approximate surface area is 180 Å². The lowest BCUT2D eigenvalue weighted by Gasteiger charge is -2.19. The van der Waals surface area contributed by atoms with E-state index in [0.717, 1.165) is 21.6 Å². The topological polar surface area (TPSA) is 66.4 Å². The molecule has 1 aromatic heterocycles. The van der Waals surface area contributed by atoms with E-state index >= 15 is 0 Å². The highest BCUT2D eigenvalue weighted by Gasteiger charge is 2.25. The van der Waals surface area contributed by atoms with Gasteiger partial charge in [0, 0.05) is 17.1 Å². The average molecular weight is 426 g/mol. The molecule has 2 aromatic carbocycles. The molecule has 150 valence electrons. The fourth-order valence-corrected chi connectivity index (χ4v) is 4.14. The minimum absolute atomic E-state index is 0.233. The number of benzene rings is 2. The molecule has 1 heterocycles. The summed E-state index contributed by atoms with van der Waals surface area (Å²) in [6, 6.07) is 20.5. The molecular weight excluding hydrogens is 402 g/mol. The van der Waals surface area contributed by atoms with Gasteiger partial charge in [-0.2, -0.15) is 12.6 Å². The molecule has 0 aliphatic rings. The Morgan fingerprint density at radius 2 is 1.62 bits per heavy atom. The molecule has 0 aliphatic heterocycles. The zero-order valence-electron chi connectivity index (χ0n) is 15.8. The maximum absolute atomic E-state index is 12.7. The van der Waals surface area contributed by atoms with Crippen LogP contribution in [-0.4, -0.2) is 28.8 Å². The van der Waals surface area contributed by atoms with Crippen LogP contribution in [0.4, 0.5) is 0 Å². The van der Waals surface area contributed by atoms with Crippen molar-refractivity contribution in [1.29, 1.82) is 0 Å². The molecule has 0 radical (unpaired) electrons. The van der Waals surface area contributed by atoms with E-state index in [1.807, 2.05) is 72.1 Å². The fraction of sp³-hybridized carbons (Fsp3) is 0.217. The zero-order chi connectivity index (χ0) is 20.6. The van der Waals surface area contributed by atoms with Gasteiger partial charge in [0.25, 0.3) is 0 Å². The molecule has 6 heteroatoms. The van der Waals surface area contributed by atoms with Crippen LogP contribution in [0.1, 0.15) is 11.1 Å². The average Bonchev–Trinajstić information content (AvgIpc) is 3.27. The first-order valence-electron chi connectivity index (χ1n) is 9.37. The van der Waals surface area contributed by atoms with E-state index in [1.165, 1.54) is 0 Å². The fourth-order valence-electron chi connectivity index (χ4n) is 3.11. The van der Waals surface area contributed by atoms with Crippen LogP contribution in [0, 0.1) is 5.92 Å². The highest BCUT2D eigenvalue weighted by Crippen LogP contribution is 2.25. The minimum atomic E-state index is -1.04. The van der Waals surface area contributed by atoms with E-state index in [1.54, 1.807) is 11.3 Å². The monoisotopic (exact) mass is 425 g/mol. The molecule has 1 amide bonds. The third-order valence-electron chi connectivity index (χ3n) is 4.73. The van der Waals surface area contributed by atoms with Crippen molar-refractivity contribution in [2.45, 2.75) is 18.9 Å². The smallest absolute Gasteiger partial charge is 0.326 e. The number of thiol groups is 1. The number of carboxylic acid groups (broad SMARTS) is 1. The number of hydrogen-bond donors (Lipinski definition) is 3. The summed E-state index contributed by atoms with van der Waals surface area (Å²) in [7, 11) is 0. The summed E-state index contributed by atoms with van der Waals surface area (Å²) in [5.74, 6) is -1.36. The first kappa shape index (κ1) is 21.1. The van der Waals surface area contributed by atoms with Gasteiger partial charge in [-0.05, 0) is 34.6 Å². The molecule has 3 rings (SSSR count). The van der Waals surface area contributed by atoms with Crippen molar-refractivity contribution in [3.8, 4) is 10.4 Å². The van der Waals surface area contributed by atoms with Gasteiger partial charge in [0.1, 0.15) is 6.04 Å². The summed E-state index contributed by atoms with van der Waals surface area (Å²) in [4.78, 5) is 25.6. The zero-order valence-corrected chi connectivity index (χ0v) is 17.5. The van der Waals surface area contributed by atoms with E-state index in [0.29, 0.717) is 12.2 Å². The van der Waals surface area contributed by atoms with Crippen molar-refractivity contribution in [3.05, 3.63) is 83.2 Å². The quantitative estimate of drug-likeness (QED) is 0.448.